The van der Waals surface area contributed by atoms with E-state index in [1.807, 2.05) is 31.2 Å². The lowest BCUT2D eigenvalue weighted by Gasteiger charge is -2.32. The van der Waals surface area contributed by atoms with Gasteiger partial charge >= 0.3 is 6.03 Å². The molecule has 7 heteroatoms. The van der Waals surface area contributed by atoms with Crippen molar-refractivity contribution in [2.45, 2.75) is 31.2 Å². The van der Waals surface area contributed by atoms with Gasteiger partial charge in [0.05, 0.1) is 24.3 Å². The summed E-state index contributed by atoms with van der Waals surface area (Å²) in [5, 5.41) is 8.85. The molecule has 0 bridgehead atoms. The molecule has 3 rings (SSSR count). The van der Waals surface area contributed by atoms with Crippen LogP contribution in [0, 0.1) is 11.8 Å². The highest BCUT2D eigenvalue weighted by atomic mass is 32.2. The van der Waals surface area contributed by atoms with E-state index in [0.717, 1.165) is 11.3 Å². The minimum Gasteiger partial charge on any atom is -0.497 e. The number of urea groups is 1. The van der Waals surface area contributed by atoms with E-state index in [1.54, 1.807) is 7.11 Å². The number of nitrogens with one attached hydrogen (secondary N) is 3. The van der Waals surface area contributed by atoms with Crippen molar-refractivity contribution in [3.63, 3.8) is 0 Å². The molecule has 3 amide bonds. The largest absolute Gasteiger partial charge is 0.497 e. The second-order valence-corrected chi connectivity index (χ2v) is 7.78. The van der Waals surface area contributed by atoms with Gasteiger partial charge in [-0.15, -0.1) is 11.8 Å². The zero-order valence-corrected chi connectivity index (χ0v) is 15.4. The van der Waals surface area contributed by atoms with Crippen molar-refractivity contribution < 1.29 is 14.3 Å². The number of methoxy groups -OCH3 is 1. The van der Waals surface area contributed by atoms with Crippen LogP contribution in [0.5, 0.6) is 5.75 Å². The molecule has 1 saturated carbocycles. The maximum absolute atomic E-state index is 12.3. The van der Waals surface area contributed by atoms with E-state index in [0.29, 0.717) is 24.1 Å². The van der Waals surface area contributed by atoms with Crippen LogP contribution in [0.1, 0.15) is 31.4 Å². The van der Waals surface area contributed by atoms with Gasteiger partial charge in [-0.1, -0.05) is 12.1 Å². The Hall–Kier alpha value is -1.89. The number of benzene rings is 1. The normalized spacial score (nSPS) is 24.0. The fourth-order valence-electron chi connectivity index (χ4n) is 3.13. The number of thioether (sulfide) groups is 1. The van der Waals surface area contributed by atoms with E-state index < -0.39 is 0 Å². The van der Waals surface area contributed by atoms with E-state index >= 15 is 0 Å². The summed E-state index contributed by atoms with van der Waals surface area (Å²) >= 11 is 1.52. The van der Waals surface area contributed by atoms with Gasteiger partial charge in [-0.2, -0.15) is 0 Å². The number of rotatable bonds is 7. The Labute approximate surface area is 152 Å². The summed E-state index contributed by atoms with van der Waals surface area (Å²) in [6.07, 6.45) is 2.44. The molecule has 136 valence electrons. The molecular formula is C18H25N3O3S. The van der Waals surface area contributed by atoms with Crippen molar-refractivity contribution in [2.75, 3.05) is 19.4 Å². The summed E-state index contributed by atoms with van der Waals surface area (Å²) in [7, 11) is 1.63. The molecule has 0 spiro atoms. The Kier molecular flexibility index (Phi) is 5.73. The SMILES string of the molecule is COc1ccc([C@@H](C)NC(=O)CSC2NC(=O)NCC2C2CC2)cc1. The van der Waals surface area contributed by atoms with Gasteiger partial charge < -0.3 is 20.7 Å². The lowest BCUT2D eigenvalue weighted by molar-refractivity contribution is -0.119. The van der Waals surface area contributed by atoms with Crippen LogP contribution in [0.25, 0.3) is 0 Å². The van der Waals surface area contributed by atoms with Crippen molar-refractivity contribution in [1.82, 2.24) is 16.0 Å². The van der Waals surface area contributed by atoms with E-state index in [-0.39, 0.29) is 23.4 Å². The van der Waals surface area contributed by atoms with Crippen LogP contribution in [-0.4, -0.2) is 36.7 Å². The molecule has 2 fully saturated rings. The maximum atomic E-state index is 12.3. The van der Waals surface area contributed by atoms with Crippen LogP contribution in [0.15, 0.2) is 24.3 Å². The average Bonchev–Trinajstić information content (AvgIpc) is 3.45. The molecule has 2 aliphatic rings. The van der Waals surface area contributed by atoms with Crippen molar-refractivity contribution in [1.29, 1.82) is 0 Å². The minimum absolute atomic E-state index is 0.0169. The van der Waals surface area contributed by atoms with Crippen LogP contribution in [0.4, 0.5) is 4.79 Å². The smallest absolute Gasteiger partial charge is 0.315 e. The molecule has 1 saturated heterocycles. The lowest BCUT2D eigenvalue weighted by atomic mass is 10.0. The van der Waals surface area contributed by atoms with Crippen molar-refractivity contribution in [2.24, 2.45) is 11.8 Å². The first-order valence-electron chi connectivity index (χ1n) is 8.66. The number of carbonyl (C=O) groups is 2. The van der Waals surface area contributed by atoms with E-state index in [9.17, 15) is 9.59 Å². The molecule has 2 unspecified atom stereocenters. The molecule has 1 aliphatic heterocycles. The molecule has 1 aromatic carbocycles. The van der Waals surface area contributed by atoms with Gasteiger partial charge in [-0.05, 0) is 43.4 Å². The predicted octanol–water partition coefficient (Wildman–Crippen LogP) is 2.27. The highest BCUT2D eigenvalue weighted by Crippen LogP contribution is 2.41. The molecule has 1 aliphatic carbocycles. The number of hydrogen-bond acceptors (Lipinski definition) is 4. The maximum Gasteiger partial charge on any atom is 0.315 e. The van der Waals surface area contributed by atoms with E-state index in [1.165, 1.54) is 24.6 Å². The quantitative estimate of drug-likeness (QED) is 0.694. The summed E-state index contributed by atoms with van der Waals surface area (Å²) in [6, 6.07) is 7.47. The molecule has 1 heterocycles. The molecule has 3 atom stereocenters. The summed E-state index contributed by atoms with van der Waals surface area (Å²) in [5.74, 6) is 2.21. The molecule has 1 aromatic rings. The Morgan fingerprint density at radius 3 is 2.72 bits per heavy atom. The van der Waals surface area contributed by atoms with Crippen LogP contribution in [0.3, 0.4) is 0 Å². The number of ether oxygens (including phenoxy) is 1. The van der Waals surface area contributed by atoms with Crippen molar-refractivity contribution in [3.05, 3.63) is 29.8 Å². The molecule has 6 nitrogen and oxygen atoms in total. The average molecular weight is 363 g/mol. The molecular weight excluding hydrogens is 338 g/mol. The van der Waals surface area contributed by atoms with Crippen LogP contribution < -0.4 is 20.7 Å². The van der Waals surface area contributed by atoms with Gasteiger partial charge in [0, 0.05) is 12.5 Å². The van der Waals surface area contributed by atoms with Gasteiger partial charge in [0.15, 0.2) is 0 Å². The third-order valence-electron chi connectivity index (χ3n) is 4.78. The zero-order valence-electron chi connectivity index (χ0n) is 14.6. The Morgan fingerprint density at radius 1 is 1.36 bits per heavy atom. The highest BCUT2D eigenvalue weighted by molar-refractivity contribution is 8.00. The molecule has 0 radical (unpaired) electrons. The van der Waals surface area contributed by atoms with Crippen LogP contribution in [-0.2, 0) is 4.79 Å². The van der Waals surface area contributed by atoms with E-state index in [2.05, 4.69) is 16.0 Å². The monoisotopic (exact) mass is 363 g/mol. The minimum atomic E-state index is -0.138. The van der Waals surface area contributed by atoms with Gasteiger partial charge in [-0.3, -0.25) is 4.79 Å². The Bertz CT molecular complexity index is 618. The standard InChI is InChI=1S/C18H25N3O3S/c1-11(12-5-7-14(24-2)8-6-12)20-16(22)10-25-17-15(13-3-4-13)9-19-18(23)21-17/h5-8,11,13,15,17H,3-4,9-10H2,1-2H3,(H,20,22)(H2,19,21,23)/t11-,15?,17?/m1/s1. The Balaban J connectivity index is 1.48. The topological polar surface area (TPSA) is 79.5 Å². The highest BCUT2D eigenvalue weighted by Gasteiger charge is 2.40. The van der Waals surface area contributed by atoms with Crippen molar-refractivity contribution >= 4 is 23.7 Å². The lowest BCUT2D eigenvalue weighted by Crippen LogP contribution is -2.54. The van der Waals surface area contributed by atoms with Gasteiger partial charge in [0.1, 0.15) is 5.75 Å². The van der Waals surface area contributed by atoms with Crippen LogP contribution >= 0.6 is 11.8 Å². The summed E-state index contributed by atoms with van der Waals surface area (Å²) < 4.78 is 5.15. The van der Waals surface area contributed by atoms with Gasteiger partial charge in [0.2, 0.25) is 5.91 Å². The fourth-order valence-corrected chi connectivity index (χ4v) is 4.30. The Morgan fingerprint density at radius 2 is 2.08 bits per heavy atom. The predicted molar refractivity (Wildman–Crippen MR) is 98.5 cm³/mol. The summed E-state index contributed by atoms with van der Waals surface area (Å²) in [6.45, 7) is 2.67. The second-order valence-electron chi connectivity index (χ2n) is 6.65. The molecule has 0 aromatic heterocycles. The fraction of sp³-hybridized carbons (Fsp3) is 0.556. The molecule has 3 N–H and O–H groups in total. The number of carbonyl (C=O) groups excluding carboxylic acids is 2. The second kappa shape index (κ2) is 7.99. The summed E-state index contributed by atoms with van der Waals surface area (Å²) in [5.41, 5.74) is 1.03. The van der Waals surface area contributed by atoms with E-state index in [4.69, 9.17) is 4.74 Å². The van der Waals surface area contributed by atoms with Gasteiger partial charge in [0.25, 0.3) is 0 Å². The van der Waals surface area contributed by atoms with Crippen LogP contribution in [0.2, 0.25) is 0 Å². The van der Waals surface area contributed by atoms with Gasteiger partial charge in [-0.25, -0.2) is 4.79 Å². The molecule has 25 heavy (non-hydrogen) atoms. The summed E-state index contributed by atoms with van der Waals surface area (Å²) in [4.78, 5) is 23.9. The third-order valence-corrected chi connectivity index (χ3v) is 6.03. The first kappa shape index (κ1) is 17.9. The number of amides is 3. The number of hydrogen-bond donors (Lipinski definition) is 3. The zero-order chi connectivity index (χ0) is 17.8. The first-order valence-corrected chi connectivity index (χ1v) is 9.71. The first-order chi connectivity index (χ1) is 12.1. The van der Waals surface area contributed by atoms with Crippen molar-refractivity contribution in [3.8, 4) is 5.75 Å². The third kappa shape index (κ3) is 4.81.